The summed E-state index contributed by atoms with van der Waals surface area (Å²) in [7, 11) is -3.17. The number of sulfone groups is 1. The summed E-state index contributed by atoms with van der Waals surface area (Å²) >= 11 is 1.31. The quantitative estimate of drug-likeness (QED) is 0.629. The van der Waals surface area contributed by atoms with E-state index < -0.39 is 33.5 Å². The second-order valence-corrected chi connectivity index (χ2v) is 13.5. The highest BCUT2D eigenvalue weighted by atomic mass is 32.2. The molecule has 2 amide bonds. The number of amides is 2. The predicted octanol–water partition coefficient (Wildman–Crippen LogP) is 3.73. The molecule has 0 unspecified atom stereocenters. The maximum absolute atomic E-state index is 13.5. The number of hydrogen-bond donors (Lipinski definition) is 1. The van der Waals surface area contributed by atoms with E-state index >= 15 is 0 Å². The Morgan fingerprint density at radius 1 is 1.14 bits per heavy atom. The summed E-state index contributed by atoms with van der Waals surface area (Å²) in [6.07, 6.45) is -0.457. The Bertz CT molecular complexity index is 1270. The summed E-state index contributed by atoms with van der Waals surface area (Å²) in [5.41, 5.74) is 1.95. The van der Waals surface area contributed by atoms with E-state index in [0.717, 1.165) is 16.8 Å². The number of rotatable bonds is 5. The van der Waals surface area contributed by atoms with Gasteiger partial charge in [0.15, 0.2) is 15.0 Å². The molecule has 0 radical (unpaired) electrons. The monoisotopic (exact) mass is 529 g/mol. The van der Waals surface area contributed by atoms with Gasteiger partial charge in [-0.05, 0) is 51.0 Å². The molecule has 2 aromatic rings. The Hall–Kier alpha value is -2.85. The average molecular weight is 530 g/mol. The molecule has 2 fully saturated rings. The van der Waals surface area contributed by atoms with Crippen LogP contribution in [0.15, 0.2) is 59.6 Å². The van der Waals surface area contributed by atoms with Crippen LogP contribution in [0.25, 0.3) is 0 Å². The first-order valence-corrected chi connectivity index (χ1v) is 14.5. The van der Waals surface area contributed by atoms with E-state index in [1.165, 1.54) is 11.8 Å². The zero-order valence-electron chi connectivity index (χ0n) is 20.8. The Labute approximate surface area is 216 Å². The Kier molecular flexibility index (Phi) is 7.47. The van der Waals surface area contributed by atoms with Gasteiger partial charge < -0.3 is 15.0 Å². The number of ether oxygens (including phenoxy) is 1. The number of amidine groups is 1. The van der Waals surface area contributed by atoms with Gasteiger partial charge in [0.05, 0.1) is 17.5 Å². The lowest BCUT2D eigenvalue weighted by atomic mass is 10.1. The fourth-order valence-electron chi connectivity index (χ4n) is 4.32. The molecule has 4 rings (SSSR count). The number of aliphatic imine (C=N–C) groups is 1. The number of hydrogen-bond acceptors (Lipinski definition) is 6. The first-order chi connectivity index (χ1) is 16.9. The summed E-state index contributed by atoms with van der Waals surface area (Å²) in [6, 6.07) is 15.8. The molecule has 2 aliphatic rings. The molecule has 0 saturated carbocycles. The van der Waals surface area contributed by atoms with E-state index in [1.54, 1.807) is 20.8 Å². The van der Waals surface area contributed by atoms with Gasteiger partial charge in [-0.15, -0.1) is 0 Å². The van der Waals surface area contributed by atoms with Crippen LogP contribution in [0.2, 0.25) is 0 Å². The lowest BCUT2D eigenvalue weighted by Gasteiger charge is -2.25. The van der Waals surface area contributed by atoms with Crippen molar-refractivity contribution in [3.63, 3.8) is 0 Å². The maximum Gasteiger partial charge on any atom is 0.408 e. The molecule has 36 heavy (non-hydrogen) atoms. The highest BCUT2D eigenvalue weighted by Crippen LogP contribution is 2.41. The molecule has 2 aliphatic heterocycles. The average Bonchev–Trinajstić information content (AvgIpc) is 3.23. The van der Waals surface area contributed by atoms with Crippen LogP contribution >= 0.6 is 11.8 Å². The molecule has 2 aromatic carbocycles. The van der Waals surface area contributed by atoms with Crippen molar-refractivity contribution in [3.05, 3.63) is 65.7 Å². The Balaban J connectivity index is 1.65. The van der Waals surface area contributed by atoms with Crippen LogP contribution in [0.1, 0.15) is 31.9 Å². The van der Waals surface area contributed by atoms with Crippen molar-refractivity contribution in [2.45, 2.75) is 57.1 Å². The number of carbonyl (C=O) groups is 2. The minimum atomic E-state index is -3.17. The van der Waals surface area contributed by atoms with Gasteiger partial charge >= 0.3 is 6.09 Å². The van der Waals surface area contributed by atoms with E-state index in [1.807, 2.05) is 66.4 Å². The first kappa shape index (κ1) is 26.2. The van der Waals surface area contributed by atoms with Gasteiger partial charge in [-0.1, -0.05) is 54.2 Å². The van der Waals surface area contributed by atoms with Gasteiger partial charge in [0.2, 0.25) is 0 Å². The minimum absolute atomic E-state index is 0.00935. The van der Waals surface area contributed by atoms with Crippen molar-refractivity contribution in [1.29, 1.82) is 0 Å². The van der Waals surface area contributed by atoms with Crippen LogP contribution in [0.5, 0.6) is 0 Å². The second kappa shape index (κ2) is 10.3. The van der Waals surface area contributed by atoms with E-state index in [2.05, 4.69) is 10.3 Å². The van der Waals surface area contributed by atoms with Gasteiger partial charge in [-0.25, -0.2) is 13.2 Å². The zero-order chi connectivity index (χ0) is 26.1. The minimum Gasteiger partial charge on any atom is -0.444 e. The number of fused-ring (bicyclic) bond motifs is 1. The van der Waals surface area contributed by atoms with Gasteiger partial charge in [0.1, 0.15) is 11.6 Å². The summed E-state index contributed by atoms with van der Waals surface area (Å²) in [5, 5.41) is 2.91. The SMILES string of the molecule is Cc1cccc(N2C(=NC(=O)[C@H](Cc3ccccc3)NC(=O)OC(C)(C)C)S[C@@H]3CS(=O)(=O)C[C@@H]32)c1. The van der Waals surface area contributed by atoms with Crippen molar-refractivity contribution in [2.24, 2.45) is 4.99 Å². The number of nitrogens with one attached hydrogen (secondary N) is 1. The molecular formula is C26H31N3O5S2. The molecule has 10 heteroatoms. The maximum atomic E-state index is 13.5. The highest BCUT2D eigenvalue weighted by molar-refractivity contribution is 8.16. The topological polar surface area (TPSA) is 105 Å². The smallest absolute Gasteiger partial charge is 0.408 e. The van der Waals surface area contributed by atoms with Gasteiger partial charge in [-0.3, -0.25) is 4.79 Å². The number of benzene rings is 2. The van der Waals surface area contributed by atoms with E-state index in [-0.39, 0.29) is 29.2 Å². The largest absolute Gasteiger partial charge is 0.444 e. The lowest BCUT2D eigenvalue weighted by molar-refractivity contribution is -0.119. The molecule has 2 saturated heterocycles. The Morgan fingerprint density at radius 3 is 2.53 bits per heavy atom. The molecule has 2 heterocycles. The third-order valence-electron chi connectivity index (χ3n) is 5.82. The summed E-state index contributed by atoms with van der Waals surface area (Å²) in [5.74, 6) is -0.468. The number of alkyl carbamates (subject to hydrolysis) is 1. The fourth-order valence-corrected chi connectivity index (χ4v) is 8.24. The molecule has 0 bridgehead atoms. The van der Waals surface area contributed by atoms with Gasteiger partial charge in [0, 0.05) is 17.4 Å². The number of nitrogens with zero attached hydrogens (tertiary/aromatic N) is 2. The number of aryl methyl sites for hydroxylation is 1. The van der Waals surface area contributed by atoms with Crippen LogP contribution in [-0.4, -0.2) is 60.0 Å². The summed E-state index contributed by atoms with van der Waals surface area (Å²) < 4.78 is 30.1. The molecule has 0 aliphatic carbocycles. The highest BCUT2D eigenvalue weighted by Gasteiger charge is 2.49. The first-order valence-electron chi connectivity index (χ1n) is 11.8. The molecule has 0 spiro atoms. The molecule has 8 nitrogen and oxygen atoms in total. The van der Waals surface area contributed by atoms with Crippen LogP contribution < -0.4 is 10.2 Å². The van der Waals surface area contributed by atoms with Crippen molar-refractivity contribution in [3.8, 4) is 0 Å². The van der Waals surface area contributed by atoms with Crippen molar-refractivity contribution in [1.82, 2.24) is 5.32 Å². The number of carbonyl (C=O) groups excluding carboxylic acids is 2. The normalized spacial score (nSPS) is 22.8. The summed E-state index contributed by atoms with van der Waals surface area (Å²) in [6.45, 7) is 7.21. The molecule has 3 atom stereocenters. The van der Waals surface area contributed by atoms with Crippen LogP contribution in [0.4, 0.5) is 10.5 Å². The van der Waals surface area contributed by atoms with Crippen LogP contribution in [-0.2, 0) is 25.8 Å². The molecular weight excluding hydrogens is 498 g/mol. The number of thioether (sulfide) groups is 1. The standard InChI is InChI=1S/C26H31N3O5S2/c1-17-9-8-12-19(13-17)29-21-15-36(32,33)16-22(21)35-24(29)28-23(30)20(14-18-10-6-5-7-11-18)27-25(31)34-26(2,3)4/h5-13,20-22H,14-16H2,1-4H3,(H,27,31)/t20-,21-,22+/m0/s1. The predicted molar refractivity (Wildman–Crippen MR) is 143 cm³/mol. The third kappa shape index (κ3) is 6.47. The summed E-state index contributed by atoms with van der Waals surface area (Å²) in [4.78, 5) is 32.3. The van der Waals surface area contributed by atoms with Crippen LogP contribution in [0.3, 0.4) is 0 Å². The zero-order valence-corrected chi connectivity index (χ0v) is 22.4. The molecule has 0 aromatic heterocycles. The van der Waals surface area contributed by atoms with Crippen molar-refractivity contribution < 1.29 is 22.7 Å². The van der Waals surface area contributed by atoms with Crippen LogP contribution in [0, 0.1) is 6.92 Å². The van der Waals surface area contributed by atoms with Crippen molar-refractivity contribution in [2.75, 3.05) is 16.4 Å². The Morgan fingerprint density at radius 2 is 1.86 bits per heavy atom. The molecule has 1 N–H and O–H groups in total. The lowest BCUT2D eigenvalue weighted by Crippen LogP contribution is -2.45. The van der Waals surface area contributed by atoms with E-state index in [0.29, 0.717) is 5.17 Å². The van der Waals surface area contributed by atoms with E-state index in [9.17, 15) is 18.0 Å². The fraction of sp³-hybridized carbons (Fsp3) is 0.423. The molecule has 192 valence electrons. The third-order valence-corrected chi connectivity index (χ3v) is 9.03. The second-order valence-electron chi connectivity index (χ2n) is 10.1. The number of anilines is 1. The van der Waals surface area contributed by atoms with Gasteiger partial charge in [-0.2, -0.15) is 4.99 Å². The van der Waals surface area contributed by atoms with Crippen molar-refractivity contribution >= 4 is 44.5 Å². The van der Waals surface area contributed by atoms with Gasteiger partial charge in [0.25, 0.3) is 5.91 Å². The van der Waals surface area contributed by atoms with E-state index in [4.69, 9.17) is 4.74 Å².